The minimum Gasteiger partial charge on any atom is -0.339 e. The maximum absolute atomic E-state index is 12.0. The monoisotopic (exact) mass is 463 g/mol. The van der Waals surface area contributed by atoms with Crippen molar-refractivity contribution < 1.29 is 4.79 Å². The molecule has 0 aromatic heterocycles. The Kier molecular flexibility index (Phi) is 9.93. The van der Waals surface area contributed by atoms with E-state index < -0.39 is 9.96 Å². The molecule has 10 heteroatoms. The molecule has 0 saturated heterocycles. The highest BCUT2D eigenvalue weighted by Crippen LogP contribution is 2.30. The quantitative estimate of drug-likeness (QED) is 0.210. The van der Waals surface area contributed by atoms with Crippen LogP contribution in [0.1, 0.15) is 32.6 Å². The molecule has 0 fully saturated rings. The molecule has 1 aromatic carbocycles. The highest BCUT2D eigenvalue weighted by Gasteiger charge is 2.34. The maximum atomic E-state index is 12.0. The van der Waals surface area contributed by atoms with Crippen molar-refractivity contribution in [3.63, 3.8) is 0 Å². The first-order valence-electron chi connectivity index (χ1n) is 7.52. The van der Waals surface area contributed by atoms with Gasteiger partial charge in [-0.05, 0) is 36.8 Å². The predicted molar refractivity (Wildman–Crippen MR) is 112 cm³/mol. The molecular formula is C15H18Cl5N3OS. The standard InChI is InChI=1S/C15H18Cl5N3OS/c1-2-3-4-5-12(24)22-13(15(18,19)20)23-14(25)21-11-7-6-9(16)8-10(11)17/h6-8,13H,2-5H2,1H3,(H,22,24)(H2,21,23,25)/t13-/m0/s1. The Morgan fingerprint density at radius 1 is 1.20 bits per heavy atom. The van der Waals surface area contributed by atoms with Gasteiger partial charge in [0.15, 0.2) is 5.11 Å². The molecule has 140 valence electrons. The fourth-order valence-corrected chi connectivity index (χ4v) is 2.86. The lowest BCUT2D eigenvalue weighted by atomic mass is 10.2. The minimum atomic E-state index is -1.80. The number of halogens is 5. The molecule has 1 rings (SSSR count). The van der Waals surface area contributed by atoms with Crippen LogP contribution in [0.3, 0.4) is 0 Å². The third-order valence-corrected chi connectivity index (χ3v) is 4.52. The molecule has 0 aliphatic heterocycles. The van der Waals surface area contributed by atoms with Gasteiger partial charge < -0.3 is 16.0 Å². The molecule has 4 nitrogen and oxygen atoms in total. The van der Waals surface area contributed by atoms with Crippen LogP contribution in [0.25, 0.3) is 0 Å². The van der Waals surface area contributed by atoms with Crippen molar-refractivity contribution in [2.45, 2.75) is 42.6 Å². The topological polar surface area (TPSA) is 53.2 Å². The lowest BCUT2D eigenvalue weighted by Gasteiger charge is -2.28. The van der Waals surface area contributed by atoms with E-state index in [4.69, 9.17) is 70.2 Å². The molecule has 0 heterocycles. The van der Waals surface area contributed by atoms with Gasteiger partial charge in [0.05, 0.1) is 10.7 Å². The second kappa shape index (κ2) is 10.9. The Bertz CT molecular complexity index is 609. The predicted octanol–water partition coefficient (Wildman–Crippen LogP) is 5.67. The fourth-order valence-electron chi connectivity index (χ4n) is 1.85. The van der Waals surface area contributed by atoms with Crippen LogP contribution in [0.4, 0.5) is 5.69 Å². The number of unbranched alkanes of at least 4 members (excludes halogenated alkanes) is 2. The fraction of sp³-hybridized carbons (Fsp3) is 0.467. The Balaban J connectivity index is 2.68. The molecule has 0 saturated carbocycles. The number of nitrogens with one attached hydrogen (secondary N) is 3. The second-order valence-corrected chi connectivity index (χ2v) is 8.84. The van der Waals surface area contributed by atoms with Gasteiger partial charge in [0.25, 0.3) is 0 Å². The van der Waals surface area contributed by atoms with E-state index in [9.17, 15) is 4.79 Å². The normalized spacial score (nSPS) is 12.4. The van der Waals surface area contributed by atoms with E-state index >= 15 is 0 Å². The Hall–Kier alpha value is -0.170. The van der Waals surface area contributed by atoms with Crippen molar-refractivity contribution in [1.82, 2.24) is 10.6 Å². The molecule has 1 amide bonds. The van der Waals surface area contributed by atoms with Gasteiger partial charge in [-0.2, -0.15) is 0 Å². The van der Waals surface area contributed by atoms with E-state index in [1.165, 1.54) is 0 Å². The lowest BCUT2D eigenvalue weighted by Crippen LogP contribution is -2.56. The van der Waals surface area contributed by atoms with Crippen LogP contribution in [0.2, 0.25) is 10.0 Å². The van der Waals surface area contributed by atoms with E-state index in [2.05, 4.69) is 22.9 Å². The Morgan fingerprint density at radius 3 is 2.44 bits per heavy atom. The molecule has 0 aliphatic rings. The number of carbonyl (C=O) groups excluding carboxylic acids is 1. The van der Waals surface area contributed by atoms with Gasteiger partial charge in [-0.3, -0.25) is 4.79 Å². The molecule has 0 bridgehead atoms. The number of hydrogen-bond acceptors (Lipinski definition) is 2. The largest absolute Gasteiger partial charge is 0.339 e. The summed E-state index contributed by atoms with van der Waals surface area (Å²) in [6.45, 7) is 2.05. The van der Waals surface area contributed by atoms with Crippen molar-refractivity contribution in [2.75, 3.05) is 5.32 Å². The molecule has 1 atom stereocenters. The third kappa shape index (κ3) is 8.85. The van der Waals surface area contributed by atoms with Gasteiger partial charge in [-0.25, -0.2) is 0 Å². The summed E-state index contributed by atoms with van der Waals surface area (Å²) < 4.78 is -1.80. The summed E-state index contributed by atoms with van der Waals surface area (Å²) in [7, 11) is 0. The molecule has 3 N–H and O–H groups in total. The van der Waals surface area contributed by atoms with Gasteiger partial charge in [0, 0.05) is 11.4 Å². The molecule has 0 unspecified atom stereocenters. The average molecular weight is 466 g/mol. The van der Waals surface area contributed by atoms with Crippen LogP contribution in [0, 0.1) is 0 Å². The SMILES string of the molecule is CCCCCC(=O)N[C@@H](NC(=S)Nc1ccc(Cl)cc1Cl)C(Cl)(Cl)Cl. The van der Waals surface area contributed by atoms with Gasteiger partial charge in [0.1, 0.15) is 6.17 Å². The summed E-state index contributed by atoms with van der Waals surface area (Å²) in [4.78, 5) is 12.0. The Morgan fingerprint density at radius 2 is 1.88 bits per heavy atom. The van der Waals surface area contributed by atoms with Crippen LogP contribution in [-0.2, 0) is 4.79 Å². The zero-order valence-corrected chi connectivity index (χ0v) is 17.9. The summed E-state index contributed by atoms with van der Waals surface area (Å²) in [5, 5.41) is 9.27. The van der Waals surface area contributed by atoms with Gasteiger partial charge in [-0.1, -0.05) is 77.8 Å². The van der Waals surface area contributed by atoms with Crippen LogP contribution < -0.4 is 16.0 Å². The molecule has 0 radical (unpaired) electrons. The van der Waals surface area contributed by atoms with Crippen LogP contribution in [0.15, 0.2) is 18.2 Å². The van der Waals surface area contributed by atoms with Crippen LogP contribution in [0.5, 0.6) is 0 Å². The van der Waals surface area contributed by atoms with Crippen molar-refractivity contribution in [2.24, 2.45) is 0 Å². The number of rotatable bonds is 7. The van der Waals surface area contributed by atoms with E-state index in [1.807, 2.05) is 0 Å². The number of anilines is 1. The van der Waals surface area contributed by atoms with Crippen molar-refractivity contribution in [3.8, 4) is 0 Å². The number of thiocarbonyl (C=S) groups is 1. The van der Waals surface area contributed by atoms with Crippen molar-refractivity contribution >= 4 is 86.9 Å². The molecule has 1 aromatic rings. The molecule has 0 aliphatic carbocycles. The molecule has 25 heavy (non-hydrogen) atoms. The van der Waals surface area contributed by atoms with Crippen molar-refractivity contribution in [3.05, 3.63) is 28.2 Å². The van der Waals surface area contributed by atoms with Crippen molar-refractivity contribution in [1.29, 1.82) is 0 Å². The number of carbonyl (C=O) groups is 1. The van der Waals surface area contributed by atoms with Crippen LogP contribution in [-0.4, -0.2) is 21.0 Å². The first kappa shape index (κ1) is 22.9. The lowest BCUT2D eigenvalue weighted by molar-refractivity contribution is -0.122. The van der Waals surface area contributed by atoms with E-state index in [-0.39, 0.29) is 11.0 Å². The number of alkyl halides is 3. The Labute approximate surface area is 177 Å². The number of benzene rings is 1. The smallest absolute Gasteiger partial charge is 0.228 e. The average Bonchev–Trinajstić information content (AvgIpc) is 2.49. The van der Waals surface area contributed by atoms with E-state index in [0.29, 0.717) is 22.2 Å². The zero-order chi connectivity index (χ0) is 19.0. The third-order valence-electron chi connectivity index (χ3n) is 3.09. The summed E-state index contributed by atoms with van der Waals surface area (Å²) in [5.41, 5.74) is 0.529. The maximum Gasteiger partial charge on any atom is 0.228 e. The molecular weight excluding hydrogens is 448 g/mol. The summed E-state index contributed by atoms with van der Waals surface area (Å²) >= 11 is 34.9. The van der Waals surface area contributed by atoms with Gasteiger partial charge in [0.2, 0.25) is 9.70 Å². The highest BCUT2D eigenvalue weighted by molar-refractivity contribution is 7.80. The summed E-state index contributed by atoms with van der Waals surface area (Å²) in [6.07, 6.45) is 2.06. The van der Waals surface area contributed by atoms with Crippen LogP contribution >= 0.6 is 70.2 Å². The summed E-state index contributed by atoms with van der Waals surface area (Å²) in [6, 6.07) is 4.88. The van der Waals surface area contributed by atoms with E-state index in [1.54, 1.807) is 18.2 Å². The zero-order valence-electron chi connectivity index (χ0n) is 13.3. The first-order chi connectivity index (χ1) is 11.6. The highest BCUT2D eigenvalue weighted by atomic mass is 35.6. The number of amides is 1. The second-order valence-electron chi connectivity index (χ2n) is 5.22. The van der Waals surface area contributed by atoms with E-state index in [0.717, 1.165) is 19.3 Å². The number of hydrogen-bond donors (Lipinski definition) is 3. The first-order valence-corrected chi connectivity index (χ1v) is 9.82. The van der Waals surface area contributed by atoms with Gasteiger partial charge >= 0.3 is 0 Å². The van der Waals surface area contributed by atoms with Gasteiger partial charge in [-0.15, -0.1) is 0 Å². The summed E-state index contributed by atoms with van der Waals surface area (Å²) in [5.74, 6) is -0.232. The molecule has 0 spiro atoms. The minimum absolute atomic E-state index is 0.134.